The number of rotatable bonds is 5. The lowest BCUT2D eigenvalue weighted by Crippen LogP contribution is -2.42. The van der Waals surface area contributed by atoms with E-state index in [2.05, 4.69) is 10.2 Å². The molecule has 1 N–H and O–H groups in total. The van der Waals surface area contributed by atoms with Crippen LogP contribution in [0.4, 0.5) is 0 Å². The molecule has 114 valence electrons. The van der Waals surface area contributed by atoms with Crippen LogP contribution in [0.15, 0.2) is 29.2 Å². The number of hydrogen-bond acceptors (Lipinski definition) is 5. The SMILES string of the molecule is CN(CCS(=O)(=O)c1ccc(C#N)cc1)C1CCNCC1. The van der Waals surface area contributed by atoms with Crippen molar-refractivity contribution in [2.75, 3.05) is 32.4 Å². The Kier molecular flexibility index (Phi) is 5.34. The second-order valence-corrected chi connectivity index (χ2v) is 7.53. The lowest BCUT2D eigenvalue weighted by atomic mass is 10.1. The van der Waals surface area contributed by atoms with E-state index in [9.17, 15) is 8.42 Å². The molecular formula is C15H21N3O2S. The van der Waals surface area contributed by atoms with Crippen LogP contribution in [-0.4, -0.2) is 51.8 Å². The first-order valence-electron chi connectivity index (χ1n) is 7.17. The molecule has 1 aliphatic heterocycles. The highest BCUT2D eigenvalue weighted by Crippen LogP contribution is 2.14. The Labute approximate surface area is 126 Å². The normalized spacial score (nSPS) is 16.8. The maximum absolute atomic E-state index is 12.3. The minimum absolute atomic E-state index is 0.110. The molecule has 0 radical (unpaired) electrons. The fourth-order valence-electron chi connectivity index (χ4n) is 2.55. The number of nitrogens with zero attached hydrogens (tertiary/aromatic N) is 2. The van der Waals surface area contributed by atoms with Crippen LogP contribution in [0.2, 0.25) is 0 Å². The number of nitriles is 1. The lowest BCUT2D eigenvalue weighted by molar-refractivity contribution is 0.209. The number of benzene rings is 1. The maximum atomic E-state index is 12.3. The molecule has 0 aliphatic carbocycles. The Morgan fingerprint density at radius 1 is 1.29 bits per heavy atom. The summed E-state index contributed by atoms with van der Waals surface area (Å²) in [5.74, 6) is 0.110. The van der Waals surface area contributed by atoms with Crippen molar-refractivity contribution in [1.29, 1.82) is 5.26 Å². The first-order valence-corrected chi connectivity index (χ1v) is 8.82. The summed E-state index contributed by atoms with van der Waals surface area (Å²) in [7, 11) is -1.30. The van der Waals surface area contributed by atoms with Gasteiger partial charge in [-0.05, 0) is 57.2 Å². The van der Waals surface area contributed by atoms with E-state index in [1.165, 1.54) is 12.1 Å². The zero-order valence-electron chi connectivity index (χ0n) is 12.2. The second-order valence-electron chi connectivity index (χ2n) is 5.42. The minimum atomic E-state index is -3.29. The van der Waals surface area contributed by atoms with Gasteiger partial charge in [-0.25, -0.2) is 8.42 Å². The molecule has 0 spiro atoms. The summed E-state index contributed by atoms with van der Waals surface area (Å²) in [6, 6.07) is 8.57. The van der Waals surface area contributed by atoms with Crippen LogP contribution in [-0.2, 0) is 9.84 Å². The summed E-state index contributed by atoms with van der Waals surface area (Å²) in [6.45, 7) is 2.53. The third-order valence-electron chi connectivity index (χ3n) is 3.99. The van der Waals surface area contributed by atoms with Crippen molar-refractivity contribution in [2.45, 2.75) is 23.8 Å². The predicted molar refractivity (Wildman–Crippen MR) is 81.7 cm³/mol. The van der Waals surface area contributed by atoms with Gasteiger partial charge in [-0.2, -0.15) is 5.26 Å². The number of sulfone groups is 1. The van der Waals surface area contributed by atoms with Gasteiger partial charge in [0.25, 0.3) is 0 Å². The Morgan fingerprint density at radius 2 is 1.90 bits per heavy atom. The summed E-state index contributed by atoms with van der Waals surface area (Å²) >= 11 is 0. The Bertz CT molecular complexity index is 599. The second kappa shape index (κ2) is 7.03. The van der Waals surface area contributed by atoms with Gasteiger partial charge in [0.1, 0.15) is 0 Å². The topological polar surface area (TPSA) is 73.2 Å². The van der Waals surface area contributed by atoms with Crippen molar-refractivity contribution in [2.24, 2.45) is 0 Å². The molecule has 1 saturated heterocycles. The first kappa shape index (κ1) is 16.0. The monoisotopic (exact) mass is 307 g/mol. The average molecular weight is 307 g/mol. The van der Waals surface area contributed by atoms with Crippen molar-refractivity contribution in [3.05, 3.63) is 29.8 Å². The van der Waals surface area contributed by atoms with Gasteiger partial charge in [0, 0.05) is 12.6 Å². The fourth-order valence-corrected chi connectivity index (χ4v) is 3.86. The van der Waals surface area contributed by atoms with Gasteiger partial charge >= 0.3 is 0 Å². The Hall–Kier alpha value is -1.42. The Morgan fingerprint density at radius 3 is 2.48 bits per heavy atom. The molecular weight excluding hydrogens is 286 g/mol. The summed E-state index contributed by atoms with van der Waals surface area (Å²) in [6.07, 6.45) is 2.13. The molecule has 1 aliphatic rings. The van der Waals surface area contributed by atoms with Crippen molar-refractivity contribution in [3.63, 3.8) is 0 Å². The molecule has 1 heterocycles. The van der Waals surface area contributed by atoms with Gasteiger partial charge in [0.2, 0.25) is 0 Å². The highest BCUT2D eigenvalue weighted by molar-refractivity contribution is 7.91. The largest absolute Gasteiger partial charge is 0.317 e. The van der Waals surface area contributed by atoms with Crippen LogP contribution in [0.1, 0.15) is 18.4 Å². The summed E-state index contributed by atoms with van der Waals surface area (Å²) < 4.78 is 24.6. The van der Waals surface area contributed by atoms with Crippen molar-refractivity contribution < 1.29 is 8.42 Å². The molecule has 2 rings (SSSR count). The van der Waals surface area contributed by atoms with Gasteiger partial charge in [-0.3, -0.25) is 0 Å². The first-order chi connectivity index (χ1) is 10.0. The standard InChI is InChI=1S/C15H21N3O2S/c1-18(14-6-8-17-9-7-14)10-11-21(19,20)15-4-2-13(12-16)3-5-15/h2-5,14,17H,6-11H2,1H3. The van der Waals surface area contributed by atoms with Crippen molar-refractivity contribution in [3.8, 4) is 6.07 Å². The molecule has 0 bridgehead atoms. The lowest BCUT2D eigenvalue weighted by Gasteiger charge is -2.31. The molecule has 0 unspecified atom stereocenters. The Balaban J connectivity index is 1.95. The molecule has 0 saturated carbocycles. The van der Waals surface area contributed by atoms with E-state index in [0.717, 1.165) is 25.9 Å². The van der Waals surface area contributed by atoms with Gasteiger partial charge in [-0.1, -0.05) is 0 Å². The molecule has 6 heteroatoms. The fraction of sp³-hybridized carbons (Fsp3) is 0.533. The van der Waals surface area contributed by atoms with Gasteiger partial charge < -0.3 is 10.2 Å². The summed E-state index contributed by atoms with van der Waals surface area (Å²) in [5, 5.41) is 12.0. The van der Waals surface area contributed by atoms with Crippen LogP contribution < -0.4 is 5.32 Å². The van der Waals surface area contributed by atoms with Gasteiger partial charge in [0.05, 0.1) is 22.3 Å². The molecule has 0 atom stereocenters. The van der Waals surface area contributed by atoms with Crippen LogP contribution >= 0.6 is 0 Å². The van der Waals surface area contributed by atoms with Crippen molar-refractivity contribution >= 4 is 9.84 Å². The van der Waals surface area contributed by atoms with E-state index in [-0.39, 0.29) is 5.75 Å². The summed E-state index contributed by atoms with van der Waals surface area (Å²) in [5.41, 5.74) is 0.473. The van der Waals surface area contributed by atoms with Crippen LogP contribution in [0.3, 0.4) is 0 Å². The van der Waals surface area contributed by atoms with Crippen LogP contribution in [0.25, 0.3) is 0 Å². The third kappa shape index (κ3) is 4.27. The molecule has 1 aromatic rings. The van der Waals surface area contributed by atoms with Gasteiger partial charge in [0.15, 0.2) is 9.84 Å². The third-order valence-corrected chi connectivity index (χ3v) is 5.70. The predicted octanol–water partition coefficient (Wildman–Crippen LogP) is 1.02. The molecule has 0 amide bonds. The summed E-state index contributed by atoms with van der Waals surface area (Å²) in [4.78, 5) is 2.43. The highest BCUT2D eigenvalue weighted by Gasteiger charge is 2.20. The molecule has 1 fully saturated rings. The van der Waals surface area contributed by atoms with E-state index in [1.54, 1.807) is 12.1 Å². The number of nitrogens with one attached hydrogen (secondary N) is 1. The van der Waals surface area contributed by atoms with E-state index >= 15 is 0 Å². The maximum Gasteiger partial charge on any atom is 0.179 e. The average Bonchev–Trinajstić information content (AvgIpc) is 2.53. The molecule has 21 heavy (non-hydrogen) atoms. The zero-order valence-corrected chi connectivity index (χ0v) is 13.1. The number of hydrogen-bond donors (Lipinski definition) is 1. The van der Waals surface area contributed by atoms with Crippen LogP contribution in [0, 0.1) is 11.3 Å². The van der Waals surface area contributed by atoms with Crippen molar-refractivity contribution in [1.82, 2.24) is 10.2 Å². The number of piperidine rings is 1. The van der Waals surface area contributed by atoms with Gasteiger partial charge in [-0.15, -0.1) is 0 Å². The quantitative estimate of drug-likeness (QED) is 0.879. The van der Waals surface area contributed by atoms with E-state index < -0.39 is 9.84 Å². The molecule has 0 aromatic heterocycles. The van der Waals surface area contributed by atoms with E-state index in [0.29, 0.717) is 23.0 Å². The molecule has 1 aromatic carbocycles. The van der Waals surface area contributed by atoms with Crippen LogP contribution in [0.5, 0.6) is 0 Å². The highest BCUT2D eigenvalue weighted by atomic mass is 32.2. The minimum Gasteiger partial charge on any atom is -0.317 e. The molecule has 5 nitrogen and oxygen atoms in total. The smallest absolute Gasteiger partial charge is 0.179 e. The zero-order chi connectivity index (χ0) is 15.3. The van der Waals surface area contributed by atoms with E-state index in [4.69, 9.17) is 5.26 Å². The van der Waals surface area contributed by atoms with E-state index in [1.807, 2.05) is 13.1 Å².